The molecule has 1 aliphatic carbocycles. The Morgan fingerprint density at radius 1 is 0.571 bits per heavy atom. The van der Waals surface area contributed by atoms with E-state index in [1.165, 1.54) is 0 Å². The third kappa shape index (κ3) is 7.85. The number of para-hydroxylation sites is 2. The van der Waals surface area contributed by atoms with Crippen LogP contribution in [-0.4, -0.2) is 172 Å². The van der Waals surface area contributed by atoms with E-state index in [9.17, 15) is 30.6 Å². The largest absolute Gasteiger partial charge is 0.389 e. The Morgan fingerprint density at radius 3 is 1.59 bits per heavy atom. The molecule has 1 unspecified atom stereocenters. The number of benzene rings is 2. The minimum absolute atomic E-state index is 0.0185. The predicted octanol–water partition coefficient (Wildman–Crippen LogP) is -5.07. The standard InChI is InChI=1S/C36H54N8O12/c37-10-19-26(46)28(48)22(41)34(51-19)54-31-16(40)9-15(39)25(45)33(31)56-36-30(50)32(55-35-23(42)29(49)27(47)20(11-38)52-35)21(53-36)12-43-24-13-5-1-3-7-17(13)44-18-8-4-2-6-14(18)24/h1-8,15-16,19-23,25-36,45-50H,9-12,37-42H2,(H,43,44)/t15-,16+,19-,20?,21-,22-,23-,25+,26-,27-,28-,29-,30-,31-,32-,33-,34-,35-,36+/m1/s1. The van der Waals surface area contributed by atoms with E-state index < -0.39 is 116 Å². The summed E-state index contributed by atoms with van der Waals surface area (Å²) in [4.78, 5) is 4.78. The van der Waals surface area contributed by atoms with Gasteiger partial charge < -0.3 is 98.8 Å². The number of pyridine rings is 1. The molecule has 4 aliphatic rings. The van der Waals surface area contributed by atoms with Gasteiger partial charge in [0.25, 0.3) is 0 Å². The molecule has 2 aromatic carbocycles. The van der Waals surface area contributed by atoms with Crippen LogP contribution in [0.25, 0.3) is 21.8 Å². The summed E-state index contributed by atoms with van der Waals surface area (Å²) in [5.41, 5.74) is 39.0. The summed E-state index contributed by atoms with van der Waals surface area (Å²) in [5, 5.41) is 70.6. The molecule has 1 aromatic heterocycles. The minimum Gasteiger partial charge on any atom is -0.389 e. The number of aliphatic hydroxyl groups is 6. The Bertz CT molecular complexity index is 1730. The fourth-order valence-corrected chi connectivity index (χ4v) is 7.99. The molecule has 310 valence electrons. The van der Waals surface area contributed by atoms with Crippen molar-refractivity contribution in [2.45, 2.75) is 123 Å². The SMILES string of the molecule is NCC1O[C@H](O[C@H]2[C@@H](O)[C@H](O[C@@H]3[C@@H](O)[C@H](N)C[C@H](N)[C@H]3O[C@H]3O[C@H](CN)[C@@H](O)[C@H](O)[C@H]3N)O[C@@H]2CNc2c3ccccc3nc3ccccc23)[C@H](N)[C@@H](O)[C@@H]1O. The van der Waals surface area contributed by atoms with Crippen LogP contribution in [-0.2, 0) is 28.4 Å². The smallest absolute Gasteiger partial charge is 0.187 e. The van der Waals surface area contributed by atoms with Gasteiger partial charge in [-0.15, -0.1) is 0 Å². The van der Waals surface area contributed by atoms with Crippen LogP contribution in [0.2, 0.25) is 0 Å². The van der Waals surface area contributed by atoms with E-state index in [1.807, 2.05) is 48.5 Å². The summed E-state index contributed by atoms with van der Waals surface area (Å²) in [7, 11) is 0. The first-order valence-electron chi connectivity index (χ1n) is 18.8. The van der Waals surface area contributed by atoms with Crippen molar-refractivity contribution < 1.29 is 59.1 Å². The molecule has 0 bridgehead atoms. The number of nitrogens with two attached hydrogens (primary N) is 6. The molecule has 19 atom stereocenters. The number of hydrogen-bond donors (Lipinski definition) is 13. The van der Waals surface area contributed by atoms with E-state index in [4.69, 9.17) is 67.8 Å². The second-order valence-electron chi connectivity index (χ2n) is 15.0. The van der Waals surface area contributed by atoms with E-state index in [-0.39, 0.29) is 26.1 Å². The Balaban J connectivity index is 1.17. The van der Waals surface area contributed by atoms with Crippen molar-refractivity contribution in [1.29, 1.82) is 0 Å². The number of fused-ring (bicyclic) bond motifs is 2. The van der Waals surface area contributed by atoms with Crippen LogP contribution >= 0.6 is 0 Å². The van der Waals surface area contributed by atoms with Crippen molar-refractivity contribution in [3.8, 4) is 0 Å². The monoisotopic (exact) mass is 790 g/mol. The van der Waals surface area contributed by atoms with Crippen molar-refractivity contribution in [2.75, 3.05) is 25.0 Å². The second kappa shape index (κ2) is 17.2. The van der Waals surface area contributed by atoms with Crippen LogP contribution in [0, 0.1) is 0 Å². The maximum Gasteiger partial charge on any atom is 0.187 e. The lowest BCUT2D eigenvalue weighted by Gasteiger charge is -2.47. The van der Waals surface area contributed by atoms with Gasteiger partial charge in [0.05, 0.1) is 34.9 Å². The molecule has 7 rings (SSSR count). The quantitative estimate of drug-likeness (QED) is 0.0808. The van der Waals surface area contributed by atoms with Gasteiger partial charge in [-0.1, -0.05) is 36.4 Å². The summed E-state index contributed by atoms with van der Waals surface area (Å²) < 4.78 is 36.8. The molecular weight excluding hydrogens is 736 g/mol. The molecule has 19 N–H and O–H groups in total. The highest BCUT2D eigenvalue weighted by Crippen LogP contribution is 2.36. The number of hydrogen-bond acceptors (Lipinski definition) is 20. The first-order valence-corrected chi connectivity index (χ1v) is 18.8. The lowest BCUT2D eigenvalue weighted by atomic mass is 9.84. The zero-order valence-electron chi connectivity index (χ0n) is 30.5. The highest BCUT2D eigenvalue weighted by molar-refractivity contribution is 6.07. The first-order chi connectivity index (χ1) is 26.8. The molecule has 20 heteroatoms. The highest BCUT2D eigenvalue weighted by atomic mass is 16.8. The zero-order chi connectivity index (χ0) is 40.0. The number of aliphatic hydroxyl groups excluding tert-OH is 6. The lowest BCUT2D eigenvalue weighted by Crippen LogP contribution is -2.68. The van der Waals surface area contributed by atoms with Crippen molar-refractivity contribution in [3.63, 3.8) is 0 Å². The number of nitrogens with one attached hydrogen (secondary N) is 1. The van der Waals surface area contributed by atoms with Crippen molar-refractivity contribution in [3.05, 3.63) is 48.5 Å². The molecule has 0 radical (unpaired) electrons. The van der Waals surface area contributed by atoms with Crippen LogP contribution in [0.4, 0.5) is 5.69 Å². The Kier molecular flexibility index (Phi) is 12.7. The number of ether oxygens (including phenoxy) is 6. The topological polar surface area (TPSA) is 358 Å². The molecule has 3 saturated heterocycles. The number of anilines is 1. The van der Waals surface area contributed by atoms with E-state index in [1.54, 1.807) is 0 Å². The normalized spacial score (nSPS) is 43.3. The van der Waals surface area contributed by atoms with Gasteiger partial charge in [-0.2, -0.15) is 0 Å². The molecule has 20 nitrogen and oxygen atoms in total. The molecule has 0 amide bonds. The predicted molar refractivity (Wildman–Crippen MR) is 199 cm³/mol. The summed E-state index contributed by atoms with van der Waals surface area (Å²) in [6.45, 7) is -0.300. The van der Waals surface area contributed by atoms with Crippen molar-refractivity contribution in [2.24, 2.45) is 34.4 Å². The Hall–Kier alpha value is -2.81. The van der Waals surface area contributed by atoms with Crippen molar-refractivity contribution >= 4 is 27.5 Å². The Morgan fingerprint density at radius 2 is 1.05 bits per heavy atom. The fraction of sp³-hybridized carbons (Fsp3) is 0.639. The summed E-state index contributed by atoms with van der Waals surface area (Å²) >= 11 is 0. The molecule has 56 heavy (non-hydrogen) atoms. The zero-order valence-corrected chi connectivity index (χ0v) is 30.5. The van der Waals surface area contributed by atoms with E-state index in [0.29, 0.717) is 0 Å². The molecular formula is C36H54N8O12. The van der Waals surface area contributed by atoms with E-state index in [2.05, 4.69) is 5.32 Å². The molecule has 1 saturated carbocycles. The van der Waals surface area contributed by atoms with Crippen LogP contribution in [0.1, 0.15) is 6.42 Å². The maximum atomic E-state index is 11.9. The average Bonchev–Trinajstić information content (AvgIpc) is 3.49. The van der Waals surface area contributed by atoms with Gasteiger partial charge in [-0.25, -0.2) is 4.98 Å². The highest BCUT2D eigenvalue weighted by Gasteiger charge is 2.54. The second-order valence-corrected chi connectivity index (χ2v) is 15.0. The van der Waals surface area contributed by atoms with Crippen LogP contribution in [0.3, 0.4) is 0 Å². The third-order valence-electron chi connectivity index (χ3n) is 11.3. The number of rotatable bonds is 11. The summed E-state index contributed by atoms with van der Waals surface area (Å²) in [6, 6.07) is 10.9. The molecule has 3 aliphatic heterocycles. The van der Waals surface area contributed by atoms with Gasteiger partial charge in [0.15, 0.2) is 18.9 Å². The van der Waals surface area contributed by atoms with Gasteiger partial charge in [-0.05, 0) is 18.6 Å². The number of nitrogens with zero attached hydrogens (tertiary/aromatic N) is 1. The van der Waals surface area contributed by atoms with Crippen LogP contribution < -0.4 is 39.7 Å². The van der Waals surface area contributed by atoms with Gasteiger partial charge in [-0.3, -0.25) is 0 Å². The molecule has 4 fully saturated rings. The molecule has 0 spiro atoms. The van der Waals surface area contributed by atoms with Gasteiger partial charge in [0, 0.05) is 42.5 Å². The van der Waals surface area contributed by atoms with Gasteiger partial charge >= 0.3 is 0 Å². The van der Waals surface area contributed by atoms with Crippen LogP contribution in [0.5, 0.6) is 0 Å². The van der Waals surface area contributed by atoms with E-state index >= 15 is 0 Å². The van der Waals surface area contributed by atoms with Gasteiger partial charge in [0.2, 0.25) is 0 Å². The third-order valence-corrected chi connectivity index (χ3v) is 11.3. The van der Waals surface area contributed by atoms with Crippen LogP contribution in [0.15, 0.2) is 48.5 Å². The maximum absolute atomic E-state index is 11.9. The van der Waals surface area contributed by atoms with Gasteiger partial charge in [0.1, 0.15) is 67.1 Å². The molecule has 3 aromatic rings. The minimum atomic E-state index is -1.59. The van der Waals surface area contributed by atoms with Crippen molar-refractivity contribution in [1.82, 2.24) is 4.98 Å². The average molecular weight is 791 g/mol. The molecule has 4 heterocycles. The fourth-order valence-electron chi connectivity index (χ4n) is 7.99. The summed E-state index contributed by atoms with van der Waals surface area (Å²) in [6.07, 6.45) is -19.6. The first kappa shape index (κ1) is 41.4. The van der Waals surface area contributed by atoms with E-state index in [0.717, 1.165) is 27.5 Å². The Labute approximate surface area is 321 Å². The number of aromatic nitrogens is 1. The summed E-state index contributed by atoms with van der Waals surface area (Å²) in [5.74, 6) is 0. The lowest BCUT2D eigenvalue weighted by molar-refractivity contribution is -0.306.